The maximum absolute atomic E-state index is 11.7. The van der Waals surface area contributed by atoms with E-state index >= 15 is 0 Å². The van der Waals surface area contributed by atoms with E-state index in [0.29, 0.717) is 6.42 Å². The number of benzene rings is 1. The van der Waals surface area contributed by atoms with Gasteiger partial charge in [-0.15, -0.1) is 0 Å². The lowest BCUT2D eigenvalue weighted by atomic mass is 9.81. The second-order valence-electron chi connectivity index (χ2n) is 4.97. The molecule has 2 atom stereocenters. The Labute approximate surface area is 110 Å². The standard InChI is InChI=1S/C15H14N2O2/c1-9-12(8-14(18)17-15(9)19)10-4-5-13-11(7-10)3-2-6-16-13/h2-7,9,12H,8H2,1H3,(H,17,18,19). The van der Waals surface area contributed by atoms with E-state index in [0.717, 1.165) is 16.5 Å². The molecule has 0 radical (unpaired) electrons. The Hall–Kier alpha value is -2.23. The number of pyridine rings is 1. The quantitative estimate of drug-likeness (QED) is 0.792. The Morgan fingerprint density at radius 1 is 1.26 bits per heavy atom. The fourth-order valence-corrected chi connectivity index (χ4v) is 2.59. The van der Waals surface area contributed by atoms with Crippen LogP contribution in [0.3, 0.4) is 0 Å². The van der Waals surface area contributed by atoms with E-state index in [1.165, 1.54) is 0 Å². The van der Waals surface area contributed by atoms with Crippen molar-refractivity contribution in [3.8, 4) is 0 Å². The molecule has 1 aliphatic heterocycles. The van der Waals surface area contributed by atoms with Gasteiger partial charge in [-0.2, -0.15) is 0 Å². The number of nitrogens with zero attached hydrogens (tertiary/aromatic N) is 1. The van der Waals surface area contributed by atoms with Crippen LogP contribution in [0.1, 0.15) is 24.8 Å². The van der Waals surface area contributed by atoms with Crippen molar-refractivity contribution in [2.24, 2.45) is 5.92 Å². The topological polar surface area (TPSA) is 59.1 Å². The molecule has 2 heterocycles. The molecule has 19 heavy (non-hydrogen) atoms. The molecular formula is C15H14N2O2. The fourth-order valence-electron chi connectivity index (χ4n) is 2.59. The van der Waals surface area contributed by atoms with Crippen molar-refractivity contribution in [3.05, 3.63) is 42.1 Å². The van der Waals surface area contributed by atoms with Crippen LogP contribution in [0.25, 0.3) is 10.9 Å². The minimum atomic E-state index is -0.195. The van der Waals surface area contributed by atoms with Crippen LogP contribution in [0.15, 0.2) is 36.5 Å². The summed E-state index contributed by atoms with van der Waals surface area (Å²) in [5.74, 6) is -0.621. The lowest BCUT2D eigenvalue weighted by Crippen LogP contribution is -2.43. The molecule has 4 heteroatoms. The first-order chi connectivity index (χ1) is 9.15. The van der Waals surface area contributed by atoms with Gasteiger partial charge in [0.15, 0.2) is 0 Å². The zero-order chi connectivity index (χ0) is 13.4. The van der Waals surface area contributed by atoms with Gasteiger partial charge in [0.1, 0.15) is 0 Å². The van der Waals surface area contributed by atoms with Gasteiger partial charge in [-0.25, -0.2) is 0 Å². The van der Waals surface area contributed by atoms with Gasteiger partial charge in [-0.3, -0.25) is 19.9 Å². The predicted octanol–water partition coefficient (Wildman–Crippen LogP) is 2.00. The molecular weight excluding hydrogens is 240 g/mol. The summed E-state index contributed by atoms with van der Waals surface area (Å²) in [7, 11) is 0. The van der Waals surface area contributed by atoms with Crippen LogP contribution >= 0.6 is 0 Å². The minimum Gasteiger partial charge on any atom is -0.296 e. The third-order valence-corrected chi connectivity index (χ3v) is 3.74. The number of hydrogen-bond acceptors (Lipinski definition) is 3. The number of fused-ring (bicyclic) bond motifs is 1. The highest BCUT2D eigenvalue weighted by Gasteiger charge is 2.33. The number of hydrogen-bond donors (Lipinski definition) is 1. The van der Waals surface area contributed by atoms with E-state index in [-0.39, 0.29) is 23.7 Å². The first-order valence-corrected chi connectivity index (χ1v) is 6.33. The zero-order valence-electron chi connectivity index (χ0n) is 10.6. The Bertz CT molecular complexity index is 666. The van der Waals surface area contributed by atoms with Gasteiger partial charge < -0.3 is 0 Å². The number of amides is 2. The van der Waals surface area contributed by atoms with Crippen molar-refractivity contribution in [1.29, 1.82) is 0 Å². The number of piperidine rings is 1. The summed E-state index contributed by atoms with van der Waals surface area (Å²) in [5, 5.41) is 3.41. The van der Waals surface area contributed by atoms with Crippen molar-refractivity contribution >= 4 is 22.7 Å². The number of carbonyl (C=O) groups excluding carboxylic acids is 2. The van der Waals surface area contributed by atoms with E-state index in [2.05, 4.69) is 10.3 Å². The van der Waals surface area contributed by atoms with Crippen LogP contribution in [0.2, 0.25) is 0 Å². The maximum Gasteiger partial charge on any atom is 0.230 e. The Balaban J connectivity index is 2.03. The van der Waals surface area contributed by atoms with E-state index in [9.17, 15) is 9.59 Å². The Morgan fingerprint density at radius 3 is 2.95 bits per heavy atom. The molecule has 2 amide bonds. The van der Waals surface area contributed by atoms with Crippen LogP contribution in [0.4, 0.5) is 0 Å². The lowest BCUT2D eigenvalue weighted by molar-refractivity contribution is -0.136. The molecule has 4 nitrogen and oxygen atoms in total. The minimum absolute atomic E-state index is 0.0501. The summed E-state index contributed by atoms with van der Waals surface area (Å²) in [6.07, 6.45) is 2.11. The highest BCUT2D eigenvalue weighted by Crippen LogP contribution is 2.32. The summed E-state index contributed by atoms with van der Waals surface area (Å²) in [5.41, 5.74) is 1.95. The summed E-state index contributed by atoms with van der Waals surface area (Å²) in [6.45, 7) is 1.86. The van der Waals surface area contributed by atoms with Crippen LogP contribution in [-0.4, -0.2) is 16.8 Å². The lowest BCUT2D eigenvalue weighted by Gasteiger charge is -2.27. The molecule has 96 valence electrons. The smallest absolute Gasteiger partial charge is 0.230 e. The molecule has 1 aromatic heterocycles. The molecule has 0 aliphatic carbocycles. The number of aromatic nitrogens is 1. The average Bonchev–Trinajstić information content (AvgIpc) is 2.42. The average molecular weight is 254 g/mol. The normalized spacial score (nSPS) is 23.4. The second kappa shape index (κ2) is 4.46. The molecule has 1 aliphatic rings. The van der Waals surface area contributed by atoms with Crippen molar-refractivity contribution in [2.45, 2.75) is 19.3 Å². The van der Waals surface area contributed by atoms with Gasteiger partial charge in [0.25, 0.3) is 0 Å². The molecule has 1 fully saturated rings. The monoisotopic (exact) mass is 254 g/mol. The van der Waals surface area contributed by atoms with E-state index in [4.69, 9.17) is 0 Å². The van der Waals surface area contributed by atoms with Crippen LogP contribution in [-0.2, 0) is 9.59 Å². The highest BCUT2D eigenvalue weighted by molar-refractivity contribution is 5.99. The van der Waals surface area contributed by atoms with E-state index < -0.39 is 0 Å². The fraction of sp³-hybridized carbons (Fsp3) is 0.267. The van der Waals surface area contributed by atoms with E-state index in [1.807, 2.05) is 37.3 Å². The molecule has 2 aromatic rings. The molecule has 0 saturated carbocycles. The number of nitrogens with one attached hydrogen (secondary N) is 1. The van der Waals surface area contributed by atoms with Crippen LogP contribution in [0.5, 0.6) is 0 Å². The summed E-state index contributed by atoms with van der Waals surface area (Å²) in [4.78, 5) is 27.5. The first-order valence-electron chi connectivity index (χ1n) is 6.33. The van der Waals surface area contributed by atoms with Gasteiger partial charge in [0.2, 0.25) is 11.8 Å². The highest BCUT2D eigenvalue weighted by atomic mass is 16.2. The van der Waals surface area contributed by atoms with Gasteiger partial charge in [-0.05, 0) is 23.8 Å². The van der Waals surface area contributed by atoms with Crippen molar-refractivity contribution in [1.82, 2.24) is 10.3 Å². The summed E-state index contributed by atoms with van der Waals surface area (Å²) >= 11 is 0. The van der Waals surface area contributed by atoms with Gasteiger partial charge in [-0.1, -0.05) is 19.1 Å². The predicted molar refractivity (Wildman–Crippen MR) is 71.4 cm³/mol. The molecule has 0 spiro atoms. The van der Waals surface area contributed by atoms with Crippen LogP contribution in [0, 0.1) is 5.92 Å². The summed E-state index contributed by atoms with van der Waals surface area (Å²) < 4.78 is 0. The van der Waals surface area contributed by atoms with Crippen molar-refractivity contribution < 1.29 is 9.59 Å². The molecule has 2 unspecified atom stereocenters. The van der Waals surface area contributed by atoms with E-state index in [1.54, 1.807) is 6.20 Å². The maximum atomic E-state index is 11.7. The van der Waals surface area contributed by atoms with Gasteiger partial charge in [0.05, 0.1) is 5.52 Å². The molecule has 1 N–H and O–H groups in total. The third kappa shape index (κ3) is 2.10. The van der Waals surface area contributed by atoms with Gasteiger partial charge >= 0.3 is 0 Å². The first kappa shape index (κ1) is 11.8. The number of rotatable bonds is 1. The summed E-state index contributed by atoms with van der Waals surface area (Å²) in [6, 6.07) is 9.79. The van der Waals surface area contributed by atoms with Crippen LogP contribution < -0.4 is 5.32 Å². The number of imide groups is 1. The van der Waals surface area contributed by atoms with Crippen molar-refractivity contribution in [3.63, 3.8) is 0 Å². The Kier molecular flexibility index (Phi) is 2.78. The molecule has 3 rings (SSSR count). The van der Waals surface area contributed by atoms with Gasteiger partial charge in [0, 0.05) is 29.8 Å². The van der Waals surface area contributed by atoms with Crippen molar-refractivity contribution in [2.75, 3.05) is 0 Å². The third-order valence-electron chi connectivity index (χ3n) is 3.74. The molecule has 1 saturated heterocycles. The zero-order valence-corrected chi connectivity index (χ0v) is 10.6. The second-order valence-corrected chi connectivity index (χ2v) is 4.97. The number of carbonyl (C=O) groups is 2. The largest absolute Gasteiger partial charge is 0.296 e. The molecule has 0 bridgehead atoms. The molecule has 1 aromatic carbocycles. The Morgan fingerprint density at radius 2 is 2.11 bits per heavy atom. The SMILES string of the molecule is CC1C(=O)NC(=O)CC1c1ccc2ncccc2c1.